The van der Waals surface area contributed by atoms with E-state index in [-0.39, 0.29) is 17.7 Å². The van der Waals surface area contributed by atoms with Crippen molar-refractivity contribution in [3.8, 4) is 5.88 Å². The van der Waals surface area contributed by atoms with Crippen molar-refractivity contribution < 1.29 is 17.9 Å². The van der Waals surface area contributed by atoms with Gasteiger partial charge in [0.1, 0.15) is 5.15 Å². The Hall–Kier alpha value is -2.06. The van der Waals surface area contributed by atoms with E-state index in [4.69, 9.17) is 39.5 Å². The molecule has 2 unspecified atom stereocenters. The molecule has 180 valence electrons. The number of halogens is 6. The Morgan fingerprint density at radius 1 is 0.941 bits per heavy atom. The Bertz CT molecular complexity index is 1110. The van der Waals surface area contributed by atoms with Gasteiger partial charge in [-0.15, -0.1) is 0 Å². The monoisotopic (exact) mass is 529 g/mol. The van der Waals surface area contributed by atoms with E-state index in [2.05, 4.69) is 14.9 Å². The molecule has 1 fully saturated rings. The van der Waals surface area contributed by atoms with E-state index < -0.39 is 11.7 Å². The van der Waals surface area contributed by atoms with Crippen LogP contribution in [0.25, 0.3) is 0 Å². The number of hydrogen-bond acceptors (Lipinski definition) is 4. The molecule has 1 aliphatic heterocycles. The van der Waals surface area contributed by atoms with Gasteiger partial charge < -0.3 is 4.74 Å². The predicted molar refractivity (Wildman–Crippen MR) is 127 cm³/mol. The third-order valence-electron chi connectivity index (χ3n) is 5.89. The molecule has 10 heteroatoms. The van der Waals surface area contributed by atoms with E-state index in [1.807, 2.05) is 18.2 Å². The van der Waals surface area contributed by atoms with E-state index in [1.165, 1.54) is 6.07 Å². The molecule has 4 rings (SSSR count). The number of aromatic nitrogens is 2. The standard InChI is InChI=1S/C24H21Cl3F3N3O/c25-20-4-2-16(9-21(20)26)19-14-33(12-15-1-5-22(27)31-10-15)13-17(19)7-8-34-23-6-3-18(11-32-23)24(28,29)30/h1-6,9-11,17,19H,7-8,12-14H2. The van der Waals surface area contributed by atoms with Crippen molar-refractivity contribution in [1.29, 1.82) is 0 Å². The van der Waals surface area contributed by atoms with Gasteiger partial charge in [0.15, 0.2) is 0 Å². The zero-order chi connectivity index (χ0) is 24.3. The quantitative estimate of drug-likeness (QED) is 0.304. The van der Waals surface area contributed by atoms with Crippen molar-refractivity contribution in [2.75, 3.05) is 19.7 Å². The highest BCUT2D eigenvalue weighted by molar-refractivity contribution is 6.42. The third kappa shape index (κ3) is 6.33. The van der Waals surface area contributed by atoms with Crippen LogP contribution in [0.5, 0.6) is 5.88 Å². The highest BCUT2D eigenvalue weighted by Crippen LogP contribution is 2.38. The maximum Gasteiger partial charge on any atom is 0.417 e. The number of ether oxygens (including phenoxy) is 1. The summed E-state index contributed by atoms with van der Waals surface area (Å²) >= 11 is 18.3. The van der Waals surface area contributed by atoms with Gasteiger partial charge in [0.05, 0.1) is 22.2 Å². The van der Waals surface area contributed by atoms with Gasteiger partial charge in [0, 0.05) is 44.0 Å². The molecule has 2 aromatic heterocycles. The van der Waals surface area contributed by atoms with Crippen LogP contribution in [0.4, 0.5) is 13.2 Å². The number of nitrogens with zero attached hydrogens (tertiary/aromatic N) is 3. The number of alkyl halides is 3. The van der Waals surface area contributed by atoms with Crippen LogP contribution in [-0.4, -0.2) is 34.6 Å². The van der Waals surface area contributed by atoms with Crippen LogP contribution in [0, 0.1) is 5.92 Å². The summed E-state index contributed by atoms with van der Waals surface area (Å²) in [4.78, 5) is 10.3. The van der Waals surface area contributed by atoms with E-state index >= 15 is 0 Å². The topological polar surface area (TPSA) is 38.2 Å². The minimum atomic E-state index is -4.43. The summed E-state index contributed by atoms with van der Waals surface area (Å²) < 4.78 is 43.9. The second-order valence-corrected chi connectivity index (χ2v) is 9.45. The zero-order valence-corrected chi connectivity index (χ0v) is 20.2. The molecule has 3 heterocycles. The van der Waals surface area contributed by atoms with Gasteiger partial charge in [-0.25, -0.2) is 9.97 Å². The molecule has 0 N–H and O–H groups in total. The van der Waals surface area contributed by atoms with Crippen LogP contribution in [0.1, 0.15) is 29.0 Å². The SMILES string of the molecule is FC(F)(F)c1ccc(OCCC2CN(Cc3ccc(Cl)nc3)CC2c2ccc(Cl)c(Cl)c2)nc1. The Morgan fingerprint density at radius 3 is 2.41 bits per heavy atom. The minimum absolute atomic E-state index is 0.168. The second-order valence-electron chi connectivity index (χ2n) is 8.24. The third-order valence-corrected chi connectivity index (χ3v) is 6.85. The molecule has 1 aliphatic rings. The Labute approximate surface area is 210 Å². The molecule has 0 amide bonds. The molecule has 1 saturated heterocycles. The first-order chi connectivity index (χ1) is 16.2. The number of rotatable bonds is 7. The first-order valence-electron chi connectivity index (χ1n) is 10.6. The Balaban J connectivity index is 1.43. The van der Waals surface area contributed by atoms with Gasteiger partial charge in [-0.2, -0.15) is 13.2 Å². The maximum atomic E-state index is 12.7. The summed E-state index contributed by atoms with van der Waals surface area (Å²) in [5.41, 5.74) is 1.34. The van der Waals surface area contributed by atoms with Crippen LogP contribution in [0.3, 0.4) is 0 Å². The van der Waals surface area contributed by atoms with Gasteiger partial charge in [-0.3, -0.25) is 4.90 Å². The van der Waals surface area contributed by atoms with Gasteiger partial charge >= 0.3 is 6.18 Å². The molecular weight excluding hydrogens is 510 g/mol. The Morgan fingerprint density at radius 2 is 1.76 bits per heavy atom. The fraction of sp³-hybridized carbons (Fsp3) is 0.333. The smallest absolute Gasteiger partial charge is 0.417 e. The molecule has 0 aliphatic carbocycles. The summed E-state index contributed by atoms with van der Waals surface area (Å²) in [5.74, 6) is 0.604. The van der Waals surface area contributed by atoms with E-state index in [1.54, 1.807) is 18.3 Å². The molecule has 0 bridgehead atoms. The fourth-order valence-electron chi connectivity index (χ4n) is 4.21. The molecule has 34 heavy (non-hydrogen) atoms. The van der Waals surface area contributed by atoms with Crippen molar-refractivity contribution in [1.82, 2.24) is 14.9 Å². The van der Waals surface area contributed by atoms with E-state index in [9.17, 15) is 13.2 Å². The minimum Gasteiger partial charge on any atom is -0.478 e. The molecule has 0 spiro atoms. The molecule has 0 saturated carbocycles. The lowest BCUT2D eigenvalue weighted by Crippen LogP contribution is -2.20. The van der Waals surface area contributed by atoms with Crippen LogP contribution in [-0.2, 0) is 12.7 Å². The van der Waals surface area contributed by atoms with Crippen molar-refractivity contribution in [2.45, 2.75) is 25.1 Å². The number of hydrogen-bond donors (Lipinski definition) is 0. The van der Waals surface area contributed by atoms with Gasteiger partial charge in [0.2, 0.25) is 5.88 Å². The molecule has 4 nitrogen and oxygen atoms in total. The summed E-state index contributed by atoms with van der Waals surface area (Å²) in [7, 11) is 0. The van der Waals surface area contributed by atoms with Crippen molar-refractivity contribution in [3.05, 3.63) is 86.7 Å². The lowest BCUT2D eigenvalue weighted by atomic mass is 9.87. The van der Waals surface area contributed by atoms with Crippen LogP contribution < -0.4 is 4.74 Å². The van der Waals surface area contributed by atoms with Crippen molar-refractivity contribution in [2.24, 2.45) is 5.92 Å². The van der Waals surface area contributed by atoms with Crippen molar-refractivity contribution >= 4 is 34.8 Å². The van der Waals surface area contributed by atoms with Crippen LogP contribution in [0.15, 0.2) is 54.9 Å². The summed E-state index contributed by atoms with van der Waals surface area (Å²) in [6.07, 6.45) is -1.18. The first kappa shape index (κ1) is 25.0. The number of pyridine rings is 2. The van der Waals surface area contributed by atoms with Crippen LogP contribution >= 0.6 is 34.8 Å². The number of benzene rings is 1. The highest BCUT2D eigenvalue weighted by atomic mass is 35.5. The second kappa shape index (κ2) is 10.7. The molecule has 2 atom stereocenters. The molecule has 0 radical (unpaired) electrons. The summed E-state index contributed by atoms with van der Waals surface area (Å²) in [6.45, 7) is 2.68. The summed E-state index contributed by atoms with van der Waals surface area (Å²) in [5, 5.41) is 1.45. The number of likely N-dealkylation sites (tertiary alicyclic amines) is 1. The largest absolute Gasteiger partial charge is 0.478 e. The lowest BCUT2D eigenvalue weighted by molar-refractivity contribution is -0.137. The zero-order valence-electron chi connectivity index (χ0n) is 17.9. The fourth-order valence-corrected chi connectivity index (χ4v) is 4.63. The average molecular weight is 531 g/mol. The van der Waals surface area contributed by atoms with Crippen molar-refractivity contribution in [3.63, 3.8) is 0 Å². The highest BCUT2D eigenvalue weighted by Gasteiger charge is 2.34. The van der Waals surface area contributed by atoms with Crippen LogP contribution in [0.2, 0.25) is 15.2 Å². The van der Waals surface area contributed by atoms with Gasteiger partial charge in [-0.05, 0) is 47.7 Å². The van der Waals surface area contributed by atoms with Gasteiger partial charge in [0.25, 0.3) is 0 Å². The molecular formula is C24H21Cl3F3N3O. The van der Waals surface area contributed by atoms with E-state index in [0.29, 0.717) is 28.2 Å². The predicted octanol–water partition coefficient (Wildman–Crippen LogP) is 7.14. The molecule has 3 aromatic rings. The lowest BCUT2D eigenvalue weighted by Gasteiger charge is -2.19. The van der Waals surface area contributed by atoms with Gasteiger partial charge in [-0.1, -0.05) is 46.9 Å². The van der Waals surface area contributed by atoms with E-state index in [0.717, 1.165) is 43.0 Å². The molecule has 1 aromatic carbocycles. The Kier molecular flexibility index (Phi) is 7.87. The first-order valence-corrected chi connectivity index (χ1v) is 11.8. The average Bonchev–Trinajstić information content (AvgIpc) is 3.19. The maximum absolute atomic E-state index is 12.7. The summed E-state index contributed by atoms with van der Waals surface area (Å²) in [6, 6.07) is 11.6. The normalized spacial score (nSPS) is 18.9.